The molecule has 3 aromatic carbocycles. The Morgan fingerprint density at radius 2 is 1.68 bits per heavy atom. The molecule has 0 spiro atoms. The summed E-state index contributed by atoms with van der Waals surface area (Å²) in [6.45, 7) is 2.25. The van der Waals surface area contributed by atoms with Crippen molar-refractivity contribution in [3.8, 4) is 28.7 Å². The zero-order chi connectivity index (χ0) is 26.6. The van der Waals surface area contributed by atoms with Crippen LogP contribution in [-0.4, -0.2) is 35.9 Å². The van der Waals surface area contributed by atoms with Crippen LogP contribution in [0.1, 0.15) is 17.0 Å². The Kier molecular flexibility index (Phi) is 7.37. The molecule has 38 heavy (non-hydrogen) atoms. The SMILES string of the molecule is COc1ccc(Cn2c(SCc3nc(-c4cccc(OC)c4OC)oc3C)nc3ccccc3c2=O)cc1. The van der Waals surface area contributed by atoms with Crippen molar-refractivity contribution in [2.75, 3.05) is 21.3 Å². The van der Waals surface area contributed by atoms with Gasteiger partial charge in [-0.05, 0) is 48.9 Å². The molecule has 194 valence electrons. The molecule has 0 amide bonds. The van der Waals surface area contributed by atoms with E-state index >= 15 is 0 Å². The maximum absolute atomic E-state index is 13.5. The number of hydrogen-bond donors (Lipinski definition) is 0. The quantitative estimate of drug-likeness (QED) is 0.177. The van der Waals surface area contributed by atoms with E-state index in [4.69, 9.17) is 28.6 Å². The van der Waals surface area contributed by atoms with Crippen LogP contribution in [0.15, 0.2) is 81.1 Å². The van der Waals surface area contributed by atoms with Crippen LogP contribution < -0.4 is 19.8 Å². The molecule has 0 N–H and O–H groups in total. The molecule has 0 atom stereocenters. The van der Waals surface area contributed by atoms with E-state index in [-0.39, 0.29) is 5.56 Å². The minimum Gasteiger partial charge on any atom is -0.497 e. The lowest BCUT2D eigenvalue weighted by molar-refractivity contribution is 0.355. The molecule has 0 aliphatic carbocycles. The topological polar surface area (TPSA) is 88.6 Å². The van der Waals surface area contributed by atoms with Gasteiger partial charge in [0.05, 0.1) is 50.0 Å². The van der Waals surface area contributed by atoms with Crippen molar-refractivity contribution in [1.82, 2.24) is 14.5 Å². The Labute approximate surface area is 224 Å². The van der Waals surface area contributed by atoms with Gasteiger partial charge in [0, 0.05) is 5.75 Å². The molecular weight excluding hydrogens is 502 g/mol. The number of fused-ring (bicyclic) bond motifs is 1. The number of benzene rings is 3. The molecule has 9 heteroatoms. The highest BCUT2D eigenvalue weighted by Crippen LogP contribution is 2.38. The lowest BCUT2D eigenvalue weighted by Gasteiger charge is -2.13. The number of ether oxygens (including phenoxy) is 3. The third-order valence-electron chi connectivity index (χ3n) is 6.19. The van der Waals surface area contributed by atoms with E-state index in [1.54, 1.807) is 32.0 Å². The summed E-state index contributed by atoms with van der Waals surface area (Å²) in [5.74, 6) is 3.50. The van der Waals surface area contributed by atoms with Crippen LogP contribution in [0.5, 0.6) is 17.2 Å². The number of methoxy groups -OCH3 is 3. The van der Waals surface area contributed by atoms with Crippen LogP contribution in [0.25, 0.3) is 22.4 Å². The summed E-state index contributed by atoms with van der Waals surface area (Å²) < 4.78 is 24.0. The van der Waals surface area contributed by atoms with Gasteiger partial charge in [-0.1, -0.05) is 42.1 Å². The van der Waals surface area contributed by atoms with E-state index in [0.717, 1.165) is 17.0 Å². The summed E-state index contributed by atoms with van der Waals surface area (Å²) in [5, 5.41) is 1.18. The molecule has 0 aliphatic rings. The Hall–Kier alpha value is -4.24. The molecule has 2 heterocycles. The number of aryl methyl sites for hydroxylation is 1. The summed E-state index contributed by atoms with van der Waals surface area (Å²) in [7, 11) is 4.80. The van der Waals surface area contributed by atoms with Gasteiger partial charge in [0.1, 0.15) is 11.5 Å². The number of hydrogen-bond acceptors (Lipinski definition) is 8. The number of oxazole rings is 1. The Balaban J connectivity index is 1.48. The van der Waals surface area contributed by atoms with E-state index in [2.05, 4.69) is 0 Å². The van der Waals surface area contributed by atoms with Crippen molar-refractivity contribution in [2.24, 2.45) is 0 Å². The maximum Gasteiger partial charge on any atom is 0.262 e. The first-order valence-corrected chi connectivity index (χ1v) is 12.9. The van der Waals surface area contributed by atoms with Crippen LogP contribution in [0, 0.1) is 6.92 Å². The zero-order valence-corrected chi connectivity index (χ0v) is 22.4. The van der Waals surface area contributed by atoms with Crippen LogP contribution >= 0.6 is 11.8 Å². The van der Waals surface area contributed by atoms with Gasteiger partial charge in [-0.3, -0.25) is 9.36 Å². The predicted octanol–water partition coefficient (Wildman–Crippen LogP) is 5.73. The highest BCUT2D eigenvalue weighted by atomic mass is 32.2. The Bertz CT molecular complexity index is 1640. The molecule has 0 aliphatic heterocycles. The number of aromatic nitrogens is 3. The minimum absolute atomic E-state index is 0.0902. The molecule has 0 radical (unpaired) electrons. The Morgan fingerprint density at radius 3 is 2.42 bits per heavy atom. The molecular formula is C29H27N3O5S. The Morgan fingerprint density at radius 1 is 0.895 bits per heavy atom. The summed E-state index contributed by atoms with van der Waals surface area (Å²) in [5.41, 5.74) is 2.99. The van der Waals surface area contributed by atoms with Crippen molar-refractivity contribution >= 4 is 22.7 Å². The van der Waals surface area contributed by atoms with Gasteiger partial charge >= 0.3 is 0 Å². The summed E-state index contributed by atoms with van der Waals surface area (Å²) in [6.07, 6.45) is 0. The summed E-state index contributed by atoms with van der Waals surface area (Å²) in [6, 6.07) is 20.6. The van der Waals surface area contributed by atoms with Crippen LogP contribution in [-0.2, 0) is 12.3 Å². The predicted molar refractivity (Wildman–Crippen MR) is 147 cm³/mol. The van der Waals surface area contributed by atoms with E-state index in [1.165, 1.54) is 11.8 Å². The van der Waals surface area contributed by atoms with E-state index in [9.17, 15) is 4.79 Å². The van der Waals surface area contributed by atoms with Gasteiger partial charge < -0.3 is 18.6 Å². The first-order valence-electron chi connectivity index (χ1n) is 11.9. The second-order valence-corrected chi connectivity index (χ2v) is 9.45. The molecule has 5 aromatic rings. The van der Waals surface area contributed by atoms with Crippen LogP contribution in [0.3, 0.4) is 0 Å². The lowest BCUT2D eigenvalue weighted by atomic mass is 10.2. The van der Waals surface area contributed by atoms with Crippen molar-refractivity contribution in [2.45, 2.75) is 24.4 Å². The molecule has 0 saturated carbocycles. The van der Waals surface area contributed by atoms with Crippen LogP contribution in [0.2, 0.25) is 0 Å². The molecule has 0 bridgehead atoms. The third kappa shape index (κ3) is 4.97. The fourth-order valence-electron chi connectivity index (χ4n) is 4.18. The normalized spacial score (nSPS) is 11.1. The van der Waals surface area contributed by atoms with Crippen molar-refractivity contribution < 1.29 is 18.6 Å². The first-order chi connectivity index (χ1) is 18.5. The number of thioether (sulfide) groups is 1. The van der Waals surface area contributed by atoms with Gasteiger partial charge in [0.25, 0.3) is 5.56 Å². The van der Waals surface area contributed by atoms with Crippen molar-refractivity contribution in [3.63, 3.8) is 0 Å². The third-order valence-corrected chi connectivity index (χ3v) is 7.18. The largest absolute Gasteiger partial charge is 0.497 e. The smallest absolute Gasteiger partial charge is 0.262 e. The number of nitrogens with zero attached hydrogens (tertiary/aromatic N) is 3. The number of para-hydroxylation sites is 2. The van der Waals surface area contributed by atoms with Crippen molar-refractivity contribution in [3.05, 3.63) is 94.1 Å². The molecule has 0 fully saturated rings. The second-order valence-electron chi connectivity index (χ2n) is 8.50. The lowest BCUT2D eigenvalue weighted by Crippen LogP contribution is -2.24. The first kappa shape index (κ1) is 25.4. The fourth-order valence-corrected chi connectivity index (χ4v) is 5.18. The highest BCUT2D eigenvalue weighted by Gasteiger charge is 2.19. The van der Waals surface area contributed by atoms with Crippen molar-refractivity contribution in [1.29, 1.82) is 0 Å². The van der Waals surface area contributed by atoms with Gasteiger partial charge in [-0.2, -0.15) is 0 Å². The molecule has 8 nitrogen and oxygen atoms in total. The highest BCUT2D eigenvalue weighted by molar-refractivity contribution is 7.98. The average molecular weight is 530 g/mol. The number of rotatable bonds is 9. The molecule has 2 aromatic heterocycles. The standard InChI is InChI=1S/C29H27N3O5S/c1-18-24(30-27(37-18)22-9-7-11-25(35-3)26(22)36-4)17-38-29-31-23-10-6-5-8-21(23)28(33)32(29)16-19-12-14-20(34-2)15-13-19/h5-15H,16-17H2,1-4H3. The van der Waals surface area contributed by atoms with Gasteiger partial charge in [-0.25, -0.2) is 9.97 Å². The molecule has 5 rings (SSSR count). The summed E-state index contributed by atoms with van der Waals surface area (Å²) >= 11 is 1.45. The average Bonchev–Trinajstić information content (AvgIpc) is 3.33. The second kappa shape index (κ2) is 11.0. The monoisotopic (exact) mass is 529 g/mol. The summed E-state index contributed by atoms with van der Waals surface area (Å²) in [4.78, 5) is 23.1. The van der Waals surface area contributed by atoms with E-state index in [1.807, 2.05) is 67.6 Å². The molecule has 0 saturated heterocycles. The fraction of sp³-hybridized carbons (Fsp3) is 0.207. The van der Waals surface area contributed by atoms with E-state index < -0.39 is 0 Å². The van der Waals surface area contributed by atoms with Gasteiger partial charge in [0.2, 0.25) is 5.89 Å². The zero-order valence-electron chi connectivity index (χ0n) is 21.6. The van der Waals surface area contributed by atoms with Gasteiger partial charge in [0.15, 0.2) is 16.7 Å². The maximum atomic E-state index is 13.5. The minimum atomic E-state index is -0.0902. The van der Waals surface area contributed by atoms with E-state index in [0.29, 0.717) is 57.1 Å². The molecule has 0 unspecified atom stereocenters. The van der Waals surface area contributed by atoms with Crippen LogP contribution in [0.4, 0.5) is 0 Å². The van der Waals surface area contributed by atoms with Gasteiger partial charge in [-0.15, -0.1) is 0 Å².